The molecule has 38 heavy (non-hydrogen) atoms. The van der Waals surface area contributed by atoms with Crippen LogP contribution in [0.2, 0.25) is 0 Å². The number of para-hydroxylation sites is 2. The first-order valence-electron chi connectivity index (χ1n) is 11.7. The maximum absolute atomic E-state index is 13.2. The summed E-state index contributed by atoms with van der Waals surface area (Å²) >= 11 is 6.26. The summed E-state index contributed by atoms with van der Waals surface area (Å²) in [6.07, 6.45) is -0.0496. The molecule has 10 heteroatoms. The van der Waals surface area contributed by atoms with Crippen LogP contribution in [0.5, 0.6) is 17.2 Å². The minimum Gasteiger partial charge on any atom is -0.497 e. The first-order valence-corrected chi connectivity index (χ1v) is 12.1. The Morgan fingerprint density at radius 2 is 1.61 bits per heavy atom. The average Bonchev–Trinajstić information content (AvgIpc) is 3.12. The monoisotopic (exact) mass is 535 g/mol. The van der Waals surface area contributed by atoms with E-state index in [2.05, 4.69) is 10.6 Å². The topological polar surface area (TPSA) is 106 Å². The van der Waals surface area contributed by atoms with Crippen LogP contribution in [0.1, 0.15) is 24.2 Å². The Labute approximate surface area is 224 Å². The van der Waals surface area contributed by atoms with Gasteiger partial charge in [-0.15, -0.1) is 0 Å². The molecule has 3 amide bonds. The van der Waals surface area contributed by atoms with Crippen molar-refractivity contribution in [1.29, 1.82) is 0 Å². The lowest BCUT2D eigenvalue weighted by Gasteiger charge is -2.18. The molecule has 0 spiro atoms. The molecule has 0 unspecified atom stereocenters. The molecule has 0 bridgehead atoms. The first kappa shape index (κ1) is 26.6. The number of amides is 3. The van der Waals surface area contributed by atoms with Gasteiger partial charge in [-0.05, 0) is 62.4 Å². The quantitative estimate of drug-likeness (QED) is 0.364. The van der Waals surface area contributed by atoms with Crippen LogP contribution >= 0.6 is 11.6 Å². The van der Waals surface area contributed by atoms with E-state index < -0.39 is 11.8 Å². The van der Waals surface area contributed by atoms with Crippen molar-refractivity contribution >= 4 is 46.4 Å². The molecule has 1 aliphatic heterocycles. The van der Waals surface area contributed by atoms with E-state index in [9.17, 15) is 14.4 Å². The fraction of sp³-hybridized carbons (Fsp3) is 0.179. The Morgan fingerprint density at radius 1 is 0.895 bits per heavy atom. The number of carbonyl (C=O) groups is 3. The van der Waals surface area contributed by atoms with Crippen LogP contribution in [-0.4, -0.2) is 38.0 Å². The van der Waals surface area contributed by atoms with Gasteiger partial charge in [0.05, 0.1) is 31.7 Å². The van der Waals surface area contributed by atoms with Crippen LogP contribution in [0.3, 0.4) is 0 Å². The van der Waals surface area contributed by atoms with Crippen LogP contribution < -0.4 is 29.7 Å². The second-order valence-corrected chi connectivity index (χ2v) is 8.87. The number of carbonyl (C=O) groups excluding carboxylic acids is 3. The molecule has 0 aromatic heterocycles. The van der Waals surface area contributed by atoms with E-state index in [0.717, 1.165) is 4.90 Å². The lowest BCUT2D eigenvalue weighted by Crippen LogP contribution is -2.32. The molecule has 0 fully saturated rings. The fourth-order valence-corrected chi connectivity index (χ4v) is 3.98. The molecule has 196 valence electrons. The Bertz CT molecular complexity index is 1420. The molecule has 0 atom stereocenters. The minimum atomic E-state index is -0.694. The summed E-state index contributed by atoms with van der Waals surface area (Å²) in [5.74, 6) is -0.334. The number of imide groups is 1. The van der Waals surface area contributed by atoms with Crippen LogP contribution in [-0.2, 0) is 9.59 Å². The van der Waals surface area contributed by atoms with Crippen molar-refractivity contribution in [2.45, 2.75) is 20.0 Å². The number of anilines is 3. The second kappa shape index (κ2) is 11.3. The van der Waals surface area contributed by atoms with Crippen LogP contribution in [0.4, 0.5) is 17.1 Å². The molecule has 2 N–H and O–H groups in total. The third-order valence-corrected chi connectivity index (χ3v) is 5.92. The van der Waals surface area contributed by atoms with Gasteiger partial charge in [0.1, 0.15) is 28.0 Å². The smallest absolute Gasteiger partial charge is 0.283 e. The number of benzene rings is 3. The molecular formula is C28H26ClN3O6. The second-order valence-electron chi connectivity index (χ2n) is 8.49. The van der Waals surface area contributed by atoms with E-state index in [-0.39, 0.29) is 34.2 Å². The summed E-state index contributed by atoms with van der Waals surface area (Å²) in [6.45, 7) is 3.81. The third kappa shape index (κ3) is 5.42. The summed E-state index contributed by atoms with van der Waals surface area (Å²) in [6, 6.07) is 18.3. The van der Waals surface area contributed by atoms with E-state index >= 15 is 0 Å². The Morgan fingerprint density at radius 3 is 2.26 bits per heavy atom. The fourth-order valence-electron chi connectivity index (χ4n) is 3.77. The molecule has 4 rings (SSSR count). The number of hydrogen-bond donors (Lipinski definition) is 2. The minimum absolute atomic E-state index is 0.0496. The number of nitrogens with zero attached hydrogens (tertiary/aromatic N) is 1. The van der Waals surface area contributed by atoms with E-state index in [1.807, 2.05) is 19.9 Å². The lowest BCUT2D eigenvalue weighted by molar-refractivity contribution is -0.120. The summed E-state index contributed by atoms with van der Waals surface area (Å²) in [7, 11) is 2.92. The van der Waals surface area contributed by atoms with Gasteiger partial charge in [-0.2, -0.15) is 0 Å². The largest absolute Gasteiger partial charge is 0.497 e. The summed E-state index contributed by atoms with van der Waals surface area (Å²) in [5, 5.41) is 5.47. The average molecular weight is 536 g/mol. The maximum Gasteiger partial charge on any atom is 0.283 e. The molecule has 9 nitrogen and oxygen atoms in total. The predicted octanol–water partition coefficient (Wildman–Crippen LogP) is 5.18. The SMILES string of the molecule is COc1ccc(N2C(=O)C(Cl)=C(Nc3ccc(C(=O)Nc4ccccc4OC(C)C)cc3)C2=O)c(OC)c1. The molecule has 3 aromatic rings. The Balaban J connectivity index is 1.49. The van der Waals surface area contributed by atoms with Gasteiger partial charge < -0.3 is 24.8 Å². The zero-order valence-corrected chi connectivity index (χ0v) is 22.0. The normalized spacial score (nSPS) is 13.2. The highest BCUT2D eigenvalue weighted by atomic mass is 35.5. The van der Waals surface area contributed by atoms with E-state index in [0.29, 0.717) is 28.4 Å². The van der Waals surface area contributed by atoms with Crippen LogP contribution in [0.15, 0.2) is 77.5 Å². The van der Waals surface area contributed by atoms with Crippen LogP contribution in [0, 0.1) is 0 Å². The first-order chi connectivity index (χ1) is 18.2. The zero-order valence-electron chi connectivity index (χ0n) is 21.2. The molecular weight excluding hydrogens is 510 g/mol. The molecule has 0 saturated carbocycles. The summed E-state index contributed by atoms with van der Waals surface area (Å²) < 4.78 is 16.3. The van der Waals surface area contributed by atoms with Crippen molar-refractivity contribution in [3.63, 3.8) is 0 Å². The van der Waals surface area contributed by atoms with Gasteiger partial charge in [-0.1, -0.05) is 23.7 Å². The number of methoxy groups -OCH3 is 2. The number of ether oxygens (including phenoxy) is 3. The van der Waals surface area contributed by atoms with Gasteiger partial charge in [0.15, 0.2) is 0 Å². The number of halogens is 1. The standard InChI is InChI=1S/C28H26ClN3O6/c1-16(2)38-22-8-6-5-7-20(22)31-26(33)17-9-11-18(12-10-17)30-25-24(29)27(34)32(28(25)35)21-14-13-19(36-3)15-23(21)37-4/h5-16,30H,1-4H3,(H,31,33). The molecule has 1 heterocycles. The van der Waals surface area contributed by atoms with Gasteiger partial charge in [-0.25, -0.2) is 4.90 Å². The molecule has 1 aliphatic rings. The van der Waals surface area contributed by atoms with Crippen molar-refractivity contribution in [2.75, 3.05) is 29.8 Å². The zero-order chi connectivity index (χ0) is 27.4. The number of hydrogen-bond acceptors (Lipinski definition) is 7. The Hall–Kier alpha value is -4.50. The van der Waals surface area contributed by atoms with Gasteiger partial charge >= 0.3 is 0 Å². The summed E-state index contributed by atoms with van der Waals surface area (Å²) in [5.41, 5.74) is 1.53. The van der Waals surface area contributed by atoms with Crippen molar-refractivity contribution < 1.29 is 28.6 Å². The van der Waals surface area contributed by atoms with Gasteiger partial charge in [0.25, 0.3) is 17.7 Å². The number of nitrogens with one attached hydrogen (secondary N) is 2. The van der Waals surface area contributed by atoms with Gasteiger partial charge in [0, 0.05) is 17.3 Å². The van der Waals surface area contributed by atoms with Gasteiger partial charge in [0.2, 0.25) is 0 Å². The van der Waals surface area contributed by atoms with Gasteiger partial charge in [-0.3, -0.25) is 14.4 Å². The summed E-state index contributed by atoms with van der Waals surface area (Å²) in [4.78, 5) is 39.8. The lowest BCUT2D eigenvalue weighted by atomic mass is 10.1. The predicted molar refractivity (Wildman–Crippen MR) is 145 cm³/mol. The highest BCUT2D eigenvalue weighted by Crippen LogP contribution is 2.37. The van der Waals surface area contributed by atoms with E-state index in [1.165, 1.54) is 14.2 Å². The van der Waals surface area contributed by atoms with Crippen LogP contribution in [0.25, 0.3) is 0 Å². The van der Waals surface area contributed by atoms with Crippen molar-refractivity contribution in [3.8, 4) is 17.2 Å². The van der Waals surface area contributed by atoms with Crippen molar-refractivity contribution in [2.24, 2.45) is 0 Å². The van der Waals surface area contributed by atoms with Crippen molar-refractivity contribution in [3.05, 3.63) is 83.0 Å². The maximum atomic E-state index is 13.2. The Kier molecular flexibility index (Phi) is 7.87. The highest BCUT2D eigenvalue weighted by molar-refractivity contribution is 6.53. The van der Waals surface area contributed by atoms with Crippen molar-refractivity contribution in [1.82, 2.24) is 0 Å². The van der Waals surface area contributed by atoms with E-state index in [1.54, 1.807) is 60.7 Å². The van der Waals surface area contributed by atoms with E-state index in [4.69, 9.17) is 25.8 Å². The molecule has 0 radical (unpaired) electrons. The highest BCUT2D eigenvalue weighted by Gasteiger charge is 2.40. The molecule has 0 saturated heterocycles. The number of rotatable bonds is 9. The molecule has 0 aliphatic carbocycles. The molecule has 3 aromatic carbocycles. The third-order valence-electron chi connectivity index (χ3n) is 5.57.